The van der Waals surface area contributed by atoms with Crippen molar-refractivity contribution in [2.45, 2.75) is 32.1 Å². The van der Waals surface area contributed by atoms with Gasteiger partial charge in [0.2, 0.25) is 0 Å². The summed E-state index contributed by atoms with van der Waals surface area (Å²) in [6.45, 7) is 5.41. The molecule has 8 heteroatoms. The first-order valence-corrected chi connectivity index (χ1v) is 11.8. The lowest BCUT2D eigenvalue weighted by Gasteiger charge is -2.44. The Morgan fingerprint density at radius 2 is 1.97 bits per heavy atom. The summed E-state index contributed by atoms with van der Waals surface area (Å²) in [7, 11) is 0. The number of fused-ring (bicyclic) bond motifs is 2. The minimum atomic E-state index is -0.168. The molecule has 1 saturated heterocycles. The number of carbonyl (C=O) groups excluding carboxylic acids is 1. The van der Waals surface area contributed by atoms with Gasteiger partial charge in [-0.15, -0.1) is 11.3 Å². The maximum Gasteiger partial charge on any atom is 0.138 e. The Kier molecular flexibility index (Phi) is 5.82. The number of benzene rings is 2. The summed E-state index contributed by atoms with van der Waals surface area (Å²) in [5, 5.41) is 2.79. The van der Waals surface area contributed by atoms with E-state index in [4.69, 9.17) is 17.3 Å². The summed E-state index contributed by atoms with van der Waals surface area (Å²) < 4.78 is 1.24. The third-order valence-corrected chi connectivity index (χ3v) is 7.65. The van der Waals surface area contributed by atoms with E-state index < -0.39 is 0 Å². The zero-order chi connectivity index (χ0) is 22.2. The topological polar surface area (TPSA) is 75.3 Å². The minimum absolute atomic E-state index is 0.119. The predicted octanol–water partition coefficient (Wildman–Crippen LogP) is 4.35. The van der Waals surface area contributed by atoms with Gasteiger partial charge in [-0.05, 0) is 54.3 Å². The lowest BCUT2D eigenvalue weighted by molar-refractivity contribution is -0.117. The van der Waals surface area contributed by atoms with Crippen LogP contribution in [0.4, 0.5) is 5.82 Å². The first-order valence-electron chi connectivity index (χ1n) is 10.6. The quantitative estimate of drug-likeness (QED) is 0.441. The number of piperazine rings is 1. The number of aromatic nitrogens is 2. The smallest absolute Gasteiger partial charge is 0.138 e. The summed E-state index contributed by atoms with van der Waals surface area (Å²) in [6, 6.07) is 14.2. The summed E-state index contributed by atoms with van der Waals surface area (Å²) in [5.74, 6) is 0.484. The molecule has 0 bridgehead atoms. The van der Waals surface area contributed by atoms with Crippen molar-refractivity contribution in [2.75, 3.05) is 18.8 Å². The molecule has 2 aromatic heterocycles. The number of anilines is 1. The number of carbonyl (C=O) groups is 1. The molecule has 6 nitrogen and oxygen atoms in total. The van der Waals surface area contributed by atoms with E-state index in [-0.39, 0.29) is 12.1 Å². The fourth-order valence-corrected chi connectivity index (χ4v) is 5.79. The number of hydrogen-bond donors (Lipinski definition) is 1. The van der Waals surface area contributed by atoms with E-state index in [1.807, 2.05) is 30.3 Å². The van der Waals surface area contributed by atoms with Crippen LogP contribution in [0.25, 0.3) is 21.0 Å². The van der Waals surface area contributed by atoms with Gasteiger partial charge in [0.1, 0.15) is 18.4 Å². The number of rotatable bonds is 5. The van der Waals surface area contributed by atoms with Gasteiger partial charge >= 0.3 is 0 Å². The molecule has 1 aliphatic heterocycles. The average Bonchev–Trinajstić information content (AvgIpc) is 3.17. The van der Waals surface area contributed by atoms with Gasteiger partial charge in [0, 0.05) is 52.2 Å². The Morgan fingerprint density at radius 3 is 2.81 bits per heavy atom. The molecule has 4 aromatic rings. The molecule has 1 aliphatic rings. The molecule has 0 saturated carbocycles. The normalized spacial score (nSPS) is 20.2. The van der Waals surface area contributed by atoms with E-state index in [2.05, 4.69) is 38.8 Å². The van der Waals surface area contributed by atoms with Crippen LogP contribution in [-0.4, -0.2) is 51.2 Å². The van der Waals surface area contributed by atoms with Crippen molar-refractivity contribution in [3.8, 4) is 0 Å². The molecule has 2 aromatic carbocycles. The molecule has 0 aliphatic carbocycles. The number of nitrogen functional groups attached to an aromatic ring is 1. The van der Waals surface area contributed by atoms with Gasteiger partial charge in [0.15, 0.2) is 0 Å². The molecular formula is C24H24ClN5OS. The summed E-state index contributed by atoms with van der Waals surface area (Å²) in [6.07, 6.45) is 2.57. The van der Waals surface area contributed by atoms with E-state index in [0.717, 1.165) is 47.4 Å². The average molecular weight is 466 g/mol. The number of thiophene rings is 1. The molecule has 0 radical (unpaired) electrons. The maximum absolute atomic E-state index is 12.1. The van der Waals surface area contributed by atoms with Gasteiger partial charge < -0.3 is 10.5 Å². The second kappa shape index (κ2) is 8.75. The maximum atomic E-state index is 12.1. The first kappa shape index (κ1) is 21.3. The van der Waals surface area contributed by atoms with E-state index in [1.165, 1.54) is 21.3 Å². The van der Waals surface area contributed by atoms with Crippen LogP contribution in [0.15, 0.2) is 48.8 Å². The third-order valence-electron chi connectivity index (χ3n) is 6.31. The standard InChI is InChI=1S/C24H24ClN5OS/c1-15-22(13-31)30(11-16-2-4-20-21(8-16)27-14-28-24(20)26)7-6-29(15)12-19-10-17-9-18(25)3-5-23(17)32-19/h2-5,8-10,13-15,22H,6-7,11-12H2,1H3,(H2,26,27,28)/t15-,22?/m1/s1. The zero-order valence-electron chi connectivity index (χ0n) is 17.7. The van der Waals surface area contributed by atoms with Crippen molar-refractivity contribution in [1.82, 2.24) is 19.8 Å². The van der Waals surface area contributed by atoms with Crippen LogP contribution < -0.4 is 5.73 Å². The second-order valence-corrected chi connectivity index (χ2v) is 9.92. The largest absolute Gasteiger partial charge is 0.383 e. The van der Waals surface area contributed by atoms with Crippen molar-refractivity contribution in [3.05, 3.63) is 64.3 Å². The minimum Gasteiger partial charge on any atom is -0.383 e. The number of halogens is 1. The molecular weight excluding hydrogens is 442 g/mol. The Bertz CT molecular complexity index is 1290. The predicted molar refractivity (Wildman–Crippen MR) is 131 cm³/mol. The van der Waals surface area contributed by atoms with Gasteiger partial charge in [0.25, 0.3) is 0 Å². The van der Waals surface area contributed by atoms with E-state index >= 15 is 0 Å². The Morgan fingerprint density at radius 1 is 1.12 bits per heavy atom. The van der Waals surface area contributed by atoms with Gasteiger partial charge in [-0.2, -0.15) is 0 Å². The summed E-state index contributed by atoms with van der Waals surface area (Å²) >= 11 is 7.93. The number of hydrogen-bond acceptors (Lipinski definition) is 7. The van der Waals surface area contributed by atoms with Gasteiger partial charge in [-0.3, -0.25) is 9.80 Å². The van der Waals surface area contributed by atoms with Crippen molar-refractivity contribution < 1.29 is 4.79 Å². The Labute approximate surface area is 195 Å². The zero-order valence-corrected chi connectivity index (χ0v) is 19.3. The van der Waals surface area contributed by atoms with E-state index in [9.17, 15) is 4.79 Å². The third kappa shape index (κ3) is 4.09. The number of nitrogens with two attached hydrogens (primary N) is 1. The monoisotopic (exact) mass is 465 g/mol. The molecule has 2 N–H and O–H groups in total. The highest BCUT2D eigenvalue weighted by Crippen LogP contribution is 2.30. The highest BCUT2D eigenvalue weighted by Gasteiger charge is 2.33. The number of aldehydes is 1. The van der Waals surface area contributed by atoms with Crippen molar-refractivity contribution in [3.63, 3.8) is 0 Å². The van der Waals surface area contributed by atoms with Crippen LogP contribution in [0, 0.1) is 0 Å². The highest BCUT2D eigenvalue weighted by molar-refractivity contribution is 7.19. The van der Waals surface area contributed by atoms with Crippen LogP contribution in [0.5, 0.6) is 0 Å². The van der Waals surface area contributed by atoms with Crippen LogP contribution in [0.2, 0.25) is 5.02 Å². The number of nitrogens with zero attached hydrogens (tertiary/aromatic N) is 4. The van der Waals surface area contributed by atoms with Crippen LogP contribution in [-0.2, 0) is 17.9 Å². The van der Waals surface area contributed by atoms with Crippen molar-refractivity contribution in [1.29, 1.82) is 0 Å². The molecule has 1 fully saturated rings. The van der Waals surface area contributed by atoms with Gasteiger partial charge in [-0.25, -0.2) is 9.97 Å². The fraction of sp³-hybridized carbons (Fsp3) is 0.292. The lowest BCUT2D eigenvalue weighted by Crippen LogP contribution is -2.58. The van der Waals surface area contributed by atoms with E-state index in [1.54, 1.807) is 11.3 Å². The SMILES string of the molecule is C[C@@H]1C(C=O)N(Cc2ccc3c(N)ncnc3c2)CCN1Cc1cc2cc(Cl)ccc2s1. The van der Waals surface area contributed by atoms with Crippen molar-refractivity contribution in [2.24, 2.45) is 0 Å². The highest BCUT2D eigenvalue weighted by atomic mass is 35.5. The van der Waals surface area contributed by atoms with Crippen molar-refractivity contribution >= 4 is 56.0 Å². The Balaban J connectivity index is 1.31. The molecule has 164 valence electrons. The first-order chi connectivity index (χ1) is 15.5. The summed E-state index contributed by atoms with van der Waals surface area (Å²) in [4.78, 5) is 26.4. The van der Waals surface area contributed by atoms with Crippen LogP contribution >= 0.6 is 22.9 Å². The second-order valence-electron chi connectivity index (χ2n) is 8.31. The van der Waals surface area contributed by atoms with Gasteiger partial charge in [-0.1, -0.05) is 17.7 Å². The van der Waals surface area contributed by atoms with Crippen LogP contribution in [0.3, 0.4) is 0 Å². The molecule has 0 amide bonds. The lowest BCUT2D eigenvalue weighted by atomic mass is 10.0. The van der Waals surface area contributed by atoms with E-state index in [0.29, 0.717) is 12.4 Å². The molecule has 5 rings (SSSR count). The fourth-order valence-electron chi connectivity index (χ4n) is 4.54. The molecule has 1 unspecified atom stereocenters. The molecule has 0 spiro atoms. The molecule has 3 heterocycles. The Hall–Kier alpha value is -2.58. The van der Waals surface area contributed by atoms with Crippen LogP contribution in [0.1, 0.15) is 17.4 Å². The molecule has 32 heavy (non-hydrogen) atoms. The molecule has 2 atom stereocenters. The van der Waals surface area contributed by atoms with Gasteiger partial charge in [0.05, 0.1) is 11.6 Å². The summed E-state index contributed by atoms with van der Waals surface area (Å²) in [5.41, 5.74) is 7.89.